The van der Waals surface area contributed by atoms with E-state index in [0.717, 1.165) is 6.07 Å². The lowest BCUT2D eigenvalue weighted by molar-refractivity contribution is -0.136. The lowest BCUT2D eigenvalue weighted by Crippen LogP contribution is -2.28. The van der Waals surface area contributed by atoms with Gasteiger partial charge in [0.2, 0.25) is 0 Å². The predicted octanol–water partition coefficient (Wildman–Crippen LogP) is 3.11. The van der Waals surface area contributed by atoms with Crippen molar-refractivity contribution in [3.63, 3.8) is 0 Å². The molecule has 19 heavy (non-hydrogen) atoms. The number of nitrogens with two attached hydrogens (primary N) is 1. The van der Waals surface area contributed by atoms with Gasteiger partial charge in [-0.3, -0.25) is 0 Å². The zero-order chi connectivity index (χ0) is 14.6. The van der Waals surface area contributed by atoms with Crippen LogP contribution in [0, 0.1) is 5.92 Å². The molecule has 0 aliphatic carbocycles. The largest absolute Gasteiger partial charge is 0.418 e. The van der Waals surface area contributed by atoms with E-state index in [9.17, 15) is 13.2 Å². The summed E-state index contributed by atoms with van der Waals surface area (Å²) in [7, 11) is 0. The molecule has 0 fully saturated rings. The van der Waals surface area contributed by atoms with E-state index >= 15 is 0 Å². The van der Waals surface area contributed by atoms with Gasteiger partial charge in [0.15, 0.2) is 0 Å². The SMILES string of the molecule is CC(C)C(CCO)Nc1ccc(N)cc1C(F)(F)F. The highest BCUT2D eigenvalue weighted by atomic mass is 19.4. The maximum absolute atomic E-state index is 12.9. The first kappa shape index (κ1) is 15.6. The Morgan fingerprint density at radius 2 is 1.95 bits per heavy atom. The molecule has 6 heteroatoms. The fourth-order valence-electron chi connectivity index (χ4n) is 1.83. The van der Waals surface area contributed by atoms with Gasteiger partial charge in [-0.05, 0) is 30.5 Å². The molecular formula is C13H19F3N2O. The van der Waals surface area contributed by atoms with Crippen LogP contribution in [0.15, 0.2) is 18.2 Å². The Hall–Kier alpha value is -1.43. The van der Waals surface area contributed by atoms with Gasteiger partial charge in [-0.1, -0.05) is 13.8 Å². The maximum atomic E-state index is 12.9. The Kier molecular flexibility index (Phi) is 5.05. The number of hydrogen-bond donors (Lipinski definition) is 3. The molecule has 0 bridgehead atoms. The number of aliphatic hydroxyl groups is 1. The summed E-state index contributed by atoms with van der Waals surface area (Å²) in [6.07, 6.45) is -4.07. The van der Waals surface area contributed by atoms with Crippen LogP contribution in [0.4, 0.5) is 24.5 Å². The van der Waals surface area contributed by atoms with Gasteiger partial charge < -0.3 is 16.2 Å². The zero-order valence-electron chi connectivity index (χ0n) is 11.0. The molecule has 1 rings (SSSR count). The molecule has 0 aliphatic rings. The lowest BCUT2D eigenvalue weighted by Gasteiger charge is -2.25. The monoisotopic (exact) mass is 276 g/mol. The molecule has 1 atom stereocenters. The van der Waals surface area contributed by atoms with Crippen LogP contribution in [0.2, 0.25) is 0 Å². The number of rotatable bonds is 5. The average Bonchev–Trinajstić information content (AvgIpc) is 2.29. The number of alkyl halides is 3. The molecule has 1 unspecified atom stereocenters. The van der Waals surface area contributed by atoms with Gasteiger partial charge in [-0.15, -0.1) is 0 Å². The van der Waals surface area contributed by atoms with Crippen molar-refractivity contribution in [3.05, 3.63) is 23.8 Å². The first-order valence-electron chi connectivity index (χ1n) is 6.09. The Labute approximate surface area is 110 Å². The van der Waals surface area contributed by atoms with E-state index in [1.807, 2.05) is 13.8 Å². The third-order valence-electron chi connectivity index (χ3n) is 2.93. The van der Waals surface area contributed by atoms with Crippen molar-refractivity contribution in [2.24, 2.45) is 5.92 Å². The van der Waals surface area contributed by atoms with Crippen molar-refractivity contribution in [1.82, 2.24) is 0 Å². The van der Waals surface area contributed by atoms with Crippen molar-refractivity contribution in [3.8, 4) is 0 Å². The maximum Gasteiger partial charge on any atom is 0.418 e. The zero-order valence-corrected chi connectivity index (χ0v) is 11.0. The predicted molar refractivity (Wildman–Crippen MR) is 69.8 cm³/mol. The molecule has 1 aromatic rings. The summed E-state index contributed by atoms with van der Waals surface area (Å²) < 4.78 is 38.8. The van der Waals surface area contributed by atoms with Crippen molar-refractivity contribution in [2.45, 2.75) is 32.5 Å². The van der Waals surface area contributed by atoms with Crippen LogP contribution in [-0.4, -0.2) is 17.8 Å². The topological polar surface area (TPSA) is 58.3 Å². The Balaban J connectivity index is 3.06. The number of aliphatic hydroxyl groups excluding tert-OH is 1. The van der Waals surface area contributed by atoms with E-state index in [4.69, 9.17) is 10.8 Å². The quantitative estimate of drug-likeness (QED) is 0.724. The number of nitrogens with one attached hydrogen (secondary N) is 1. The van der Waals surface area contributed by atoms with Crippen molar-refractivity contribution < 1.29 is 18.3 Å². The summed E-state index contributed by atoms with van der Waals surface area (Å²) in [5, 5.41) is 11.8. The van der Waals surface area contributed by atoms with Crippen LogP contribution >= 0.6 is 0 Å². The summed E-state index contributed by atoms with van der Waals surface area (Å²) in [6, 6.07) is 3.44. The van der Waals surface area contributed by atoms with E-state index in [1.165, 1.54) is 12.1 Å². The Morgan fingerprint density at radius 1 is 1.32 bits per heavy atom. The van der Waals surface area contributed by atoms with Crippen LogP contribution in [-0.2, 0) is 6.18 Å². The average molecular weight is 276 g/mol. The number of anilines is 2. The van der Waals surface area contributed by atoms with Gasteiger partial charge in [0.1, 0.15) is 0 Å². The number of halogens is 3. The fraction of sp³-hybridized carbons (Fsp3) is 0.538. The molecule has 108 valence electrons. The van der Waals surface area contributed by atoms with E-state index in [0.29, 0.717) is 6.42 Å². The van der Waals surface area contributed by atoms with Crippen LogP contribution in [0.1, 0.15) is 25.8 Å². The molecule has 3 nitrogen and oxygen atoms in total. The lowest BCUT2D eigenvalue weighted by atomic mass is 10.00. The summed E-state index contributed by atoms with van der Waals surface area (Å²) in [6.45, 7) is 3.70. The van der Waals surface area contributed by atoms with E-state index in [1.54, 1.807) is 0 Å². The van der Waals surface area contributed by atoms with E-state index in [2.05, 4.69) is 5.32 Å². The van der Waals surface area contributed by atoms with Crippen LogP contribution in [0.5, 0.6) is 0 Å². The smallest absolute Gasteiger partial charge is 0.399 e. The second kappa shape index (κ2) is 6.14. The Morgan fingerprint density at radius 3 is 2.42 bits per heavy atom. The fourth-order valence-corrected chi connectivity index (χ4v) is 1.83. The molecule has 0 saturated heterocycles. The number of hydrogen-bond acceptors (Lipinski definition) is 3. The molecule has 4 N–H and O–H groups in total. The normalized spacial score (nSPS) is 13.6. The minimum Gasteiger partial charge on any atom is -0.399 e. The highest BCUT2D eigenvalue weighted by molar-refractivity contribution is 5.59. The summed E-state index contributed by atoms with van der Waals surface area (Å²) in [5.41, 5.74) is 4.69. The molecule has 0 spiro atoms. The minimum atomic E-state index is -4.46. The highest BCUT2D eigenvalue weighted by Crippen LogP contribution is 2.36. The van der Waals surface area contributed by atoms with Gasteiger partial charge in [-0.2, -0.15) is 13.2 Å². The third-order valence-corrected chi connectivity index (χ3v) is 2.93. The van der Waals surface area contributed by atoms with Crippen molar-refractivity contribution in [2.75, 3.05) is 17.7 Å². The second-order valence-corrected chi connectivity index (χ2v) is 4.81. The van der Waals surface area contributed by atoms with Crippen LogP contribution in [0.3, 0.4) is 0 Å². The molecule has 0 heterocycles. The summed E-state index contributed by atoms with van der Waals surface area (Å²) >= 11 is 0. The van der Waals surface area contributed by atoms with Gasteiger partial charge in [0.25, 0.3) is 0 Å². The van der Waals surface area contributed by atoms with Gasteiger partial charge >= 0.3 is 6.18 Å². The van der Waals surface area contributed by atoms with Crippen molar-refractivity contribution in [1.29, 1.82) is 0 Å². The van der Waals surface area contributed by atoms with E-state index in [-0.39, 0.29) is 29.9 Å². The minimum absolute atomic E-state index is 0.00569. The second-order valence-electron chi connectivity index (χ2n) is 4.81. The first-order chi connectivity index (χ1) is 8.75. The molecule has 0 radical (unpaired) electrons. The van der Waals surface area contributed by atoms with Crippen molar-refractivity contribution >= 4 is 11.4 Å². The summed E-state index contributed by atoms with van der Waals surface area (Å²) in [5.74, 6) is 0.103. The van der Waals surface area contributed by atoms with Gasteiger partial charge in [0, 0.05) is 24.0 Å². The van der Waals surface area contributed by atoms with Crippen LogP contribution in [0.25, 0.3) is 0 Å². The standard InChI is InChI=1S/C13H19F3N2O/c1-8(2)11(5-6-19)18-12-4-3-9(17)7-10(12)13(14,15)16/h3-4,7-8,11,18-19H,5-6,17H2,1-2H3. The van der Waals surface area contributed by atoms with Crippen LogP contribution < -0.4 is 11.1 Å². The third kappa shape index (κ3) is 4.31. The van der Waals surface area contributed by atoms with E-state index < -0.39 is 11.7 Å². The molecule has 0 saturated carbocycles. The molecule has 0 aromatic heterocycles. The first-order valence-corrected chi connectivity index (χ1v) is 6.09. The highest BCUT2D eigenvalue weighted by Gasteiger charge is 2.34. The summed E-state index contributed by atoms with van der Waals surface area (Å²) in [4.78, 5) is 0. The molecular weight excluding hydrogens is 257 g/mol. The molecule has 1 aromatic carbocycles. The Bertz CT molecular complexity index is 419. The molecule has 0 aliphatic heterocycles. The number of benzene rings is 1. The number of nitrogen functional groups attached to an aromatic ring is 1. The van der Waals surface area contributed by atoms with Gasteiger partial charge in [-0.25, -0.2) is 0 Å². The van der Waals surface area contributed by atoms with Gasteiger partial charge in [0.05, 0.1) is 5.56 Å². The molecule has 0 amide bonds.